The number of fused-ring (bicyclic) bond motifs is 1. The van der Waals surface area contributed by atoms with E-state index in [2.05, 4.69) is 30.1 Å². The summed E-state index contributed by atoms with van der Waals surface area (Å²) in [4.78, 5) is 15.8. The molecule has 0 unspecified atom stereocenters. The molecule has 0 amide bonds. The van der Waals surface area contributed by atoms with Gasteiger partial charge < -0.3 is 4.74 Å². The van der Waals surface area contributed by atoms with Crippen LogP contribution in [-0.2, 0) is 16.0 Å². The van der Waals surface area contributed by atoms with Crippen molar-refractivity contribution in [2.75, 3.05) is 7.11 Å². The third-order valence-corrected chi connectivity index (χ3v) is 2.89. The number of rotatable bonds is 1. The Kier molecular flexibility index (Phi) is 2.77. The first-order chi connectivity index (χ1) is 7.61. The zero-order valence-electron chi connectivity index (χ0n) is 9.78. The van der Waals surface area contributed by atoms with Crippen molar-refractivity contribution in [3.8, 4) is 0 Å². The minimum Gasteiger partial charge on any atom is -0.467 e. The quantitative estimate of drug-likeness (QED) is 0.674. The van der Waals surface area contributed by atoms with Crippen LogP contribution in [0.5, 0.6) is 0 Å². The molecule has 3 heteroatoms. The van der Waals surface area contributed by atoms with E-state index in [9.17, 15) is 4.79 Å². The number of aryl methyl sites for hydroxylation is 1. The molecule has 0 saturated heterocycles. The summed E-state index contributed by atoms with van der Waals surface area (Å²) in [5, 5.41) is 0. The van der Waals surface area contributed by atoms with Crippen molar-refractivity contribution in [3.05, 3.63) is 34.9 Å². The zero-order chi connectivity index (χ0) is 11.7. The highest BCUT2D eigenvalue weighted by Crippen LogP contribution is 2.21. The Labute approximate surface area is 95.2 Å². The summed E-state index contributed by atoms with van der Waals surface area (Å²) in [5.41, 5.74) is 4.45. The van der Waals surface area contributed by atoms with Crippen LogP contribution in [0.2, 0.25) is 0 Å². The van der Waals surface area contributed by atoms with Crippen LogP contribution in [0, 0.1) is 6.92 Å². The highest BCUT2D eigenvalue weighted by Gasteiger charge is 2.24. The number of carbonyl (C=O) groups is 1. The van der Waals surface area contributed by atoms with Gasteiger partial charge in [-0.25, -0.2) is 4.79 Å². The molecule has 3 nitrogen and oxygen atoms in total. The molecule has 1 atom stereocenters. The molecule has 1 heterocycles. The SMILES string of the molecule is COC(=O)[C@@H]1Cc2cc(C)ccc2C(C)=N1. The van der Waals surface area contributed by atoms with Crippen molar-refractivity contribution in [2.24, 2.45) is 4.99 Å². The Bertz CT molecular complexity index is 463. The Balaban J connectivity index is 2.39. The van der Waals surface area contributed by atoms with Gasteiger partial charge in [0.2, 0.25) is 0 Å². The van der Waals surface area contributed by atoms with Gasteiger partial charge in [-0.05, 0) is 25.0 Å². The van der Waals surface area contributed by atoms with Crippen molar-refractivity contribution in [3.63, 3.8) is 0 Å². The molecule has 16 heavy (non-hydrogen) atoms. The fourth-order valence-electron chi connectivity index (χ4n) is 2.07. The van der Waals surface area contributed by atoms with Crippen LogP contribution >= 0.6 is 0 Å². The molecule has 0 fully saturated rings. The molecule has 1 aromatic carbocycles. The minimum atomic E-state index is -0.376. The number of ether oxygens (including phenoxy) is 1. The smallest absolute Gasteiger partial charge is 0.330 e. The number of esters is 1. The summed E-state index contributed by atoms with van der Waals surface area (Å²) in [6.07, 6.45) is 0.640. The molecular weight excluding hydrogens is 202 g/mol. The normalized spacial score (nSPS) is 18.7. The second-order valence-corrected chi connectivity index (χ2v) is 4.12. The van der Waals surface area contributed by atoms with Crippen LogP contribution in [-0.4, -0.2) is 24.8 Å². The number of nitrogens with zero attached hydrogens (tertiary/aromatic N) is 1. The lowest BCUT2D eigenvalue weighted by molar-refractivity contribution is -0.142. The van der Waals surface area contributed by atoms with Crippen molar-refractivity contribution < 1.29 is 9.53 Å². The van der Waals surface area contributed by atoms with Crippen molar-refractivity contribution in [1.82, 2.24) is 0 Å². The van der Waals surface area contributed by atoms with Crippen molar-refractivity contribution >= 4 is 11.7 Å². The summed E-state index contributed by atoms with van der Waals surface area (Å²) < 4.78 is 4.74. The maximum atomic E-state index is 11.5. The van der Waals surface area contributed by atoms with Crippen molar-refractivity contribution in [1.29, 1.82) is 0 Å². The van der Waals surface area contributed by atoms with Crippen LogP contribution < -0.4 is 0 Å². The molecule has 1 aliphatic rings. The van der Waals surface area contributed by atoms with Gasteiger partial charge >= 0.3 is 5.97 Å². The van der Waals surface area contributed by atoms with Gasteiger partial charge in [0.1, 0.15) is 0 Å². The number of methoxy groups -OCH3 is 1. The first-order valence-electron chi connectivity index (χ1n) is 5.34. The molecule has 0 saturated carbocycles. The van der Waals surface area contributed by atoms with E-state index in [0.29, 0.717) is 6.42 Å². The average Bonchev–Trinajstić information content (AvgIpc) is 2.27. The predicted octanol–water partition coefficient (Wildman–Crippen LogP) is 1.90. The first kappa shape index (κ1) is 10.9. The molecule has 0 radical (unpaired) electrons. The van der Waals surface area contributed by atoms with Crippen molar-refractivity contribution in [2.45, 2.75) is 26.3 Å². The Morgan fingerprint density at radius 1 is 1.44 bits per heavy atom. The summed E-state index contributed by atoms with van der Waals surface area (Å²) >= 11 is 0. The summed E-state index contributed by atoms with van der Waals surface area (Å²) in [6.45, 7) is 3.98. The van der Waals surface area contributed by atoms with Crippen LogP contribution in [0.4, 0.5) is 0 Å². The Morgan fingerprint density at radius 2 is 2.19 bits per heavy atom. The fraction of sp³-hybridized carbons (Fsp3) is 0.385. The molecule has 84 valence electrons. The fourth-order valence-corrected chi connectivity index (χ4v) is 2.07. The molecule has 0 spiro atoms. The Morgan fingerprint density at radius 3 is 2.88 bits per heavy atom. The van der Waals surface area contributed by atoms with E-state index in [4.69, 9.17) is 4.74 Å². The summed E-state index contributed by atoms with van der Waals surface area (Å²) in [7, 11) is 1.40. The highest BCUT2D eigenvalue weighted by atomic mass is 16.5. The van der Waals surface area contributed by atoms with E-state index in [-0.39, 0.29) is 12.0 Å². The molecule has 1 aromatic rings. The molecule has 2 rings (SSSR count). The minimum absolute atomic E-state index is 0.258. The molecule has 0 aromatic heterocycles. The largest absolute Gasteiger partial charge is 0.467 e. The number of hydrogen-bond acceptors (Lipinski definition) is 3. The molecule has 0 N–H and O–H groups in total. The van der Waals surface area contributed by atoms with Gasteiger partial charge in [0.05, 0.1) is 7.11 Å². The molecule has 0 bridgehead atoms. The summed E-state index contributed by atoms with van der Waals surface area (Å²) in [5.74, 6) is -0.258. The van der Waals surface area contributed by atoms with Gasteiger partial charge in [0.25, 0.3) is 0 Å². The monoisotopic (exact) mass is 217 g/mol. The highest BCUT2D eigenvalue weighted by molar-refractivity contribution is 6.02. The number of aliphatic imine (C=N–C) groups is 1. The van der Waals surface area contributed by atoms with Gasteiger partial charge in [-0.15, -0.1) is 0 Å². The Hall–Kier alpha value is -1.64. The van der Waals surface area contributed by atoms with Gasteiger partial charge in [-0.1, -0.05) is 23.8 Å². The lowest BCUT2D eigenvalue weighted by Gasteiger charge is -2.20. The third kappa shape index (κ3) is 1.85. The van der Waals surface area contributed by atoms with E-state index >= 15 is 0 Å². The zero-order valence-corrected chi connectivity index (χ0v) is 9.78. The lowest BCUT2D eigenvalue weighted by Crippen LogP contribution is -2.28. The molecule has 0 aliphatic carbocycles. The van der Waals surface area contributed by atoms with Crippen LogP contribution in [0.15, 0.2) is 23.2 Å². The maximum absolute atomic E-state index is 11.5. The molecular formula is C13H15NO2. The number of hydrogen-bond donors (Lipinski definition) is 0. The average molecular weight is 217 g/mol. The van der Waals surface area contributed by atoms with Gasteiger partial charge in [-0.2, -0.15) is 0 Å². The van der Waals surface area contributed by atoms with E-state index in [1.807, 2.05) is 6.92 Å². The van der Waals surface area contributed by atoms with Gasteiger partial charge in [-0.3, -0.25) is 4.99 Å². The first-order valence-corrected chi connectivity index (χ1v) is 5.34. The maximum Gasteiger partial charge on any atom is 0.330 e. The third-order valence-electron chi connectivity index (χ3n) is 2.89. The topological polar surface area (TPSA) is 38.7 Å². The van der Waals surface area contributed by atoms with Crippen LogP contribution in [0.25, 0.3) is 0 Å². The van der Waals surface area contributed by atoms with Gasteiger partial charge in [0.15, 0.2) is 6.04 Å². The van der Waals surface area contributed by atoms with Crippen LogP contribution in [0.1, 0.15) is 23.6 Å². The lowest BCUT2D eigenvalue weighted by atomic mass is 9.93. The van der Waals surface area contributed by atoms with E-state index in [1.54, 1.807) is 0 Å². The second kappa shape index (κ2) is 4.08. The van der Waals surface area contributed by atoms with E-state index in [0.717, 1.165) is 11.3 Å². The second-order valence-electron chi connectivity index (χ2n) is 4.12. The number of carbonyl (C=O) groups excluding carboxylic acids is 1. The standard InChI is InChI=1S/C13H15NO2/c1-8-4-5-11-9(2)14-12(13(15)16-3)7-10(11)6-8/h4-6,12H,7H2,1-3H3/t12-/m0/s1. The number of benzene rings is 1. The summed E-state index contributed by atoms with van der Waals surface area (Å²) in [6, 6.07) is 5.87. The predicted molar refractivity (Wildman–Crippen MR) is 62.9 cm³/mol. The van der Waals surface area contributed by atoms with E-state index in [1.165, 1.54) is 18.2 Å². The molecule has 1 aliphatic heterocycles. The van der Waals surface area contributed by atoms with Gasteiger partial charge in [0, 0.05) is 12.1 Å². The van der Waals surface area contributed by atoms with Crippen LogP contribution in [0.3, 0.4) is 0 Å². The van der Waals surface area contributed by atoms with E-state index < -0.39 is 0 Å².